The van der Waals surface area contributed by atoms with Crippen LogP contribution in [-0.4, -0.2) is 33.9 Å². The summed E-state index contributed by atoms with van der Waals surface area (Å²) in [4.78, 5) is 22.8. The molecule has 2 aromatic heterocycles. The number of pyridine rings is 2. The van der Waals surface area contributed by atoms with Gasteiger partial charge < -0.3 is 10.2 Å². The summed E-state index contributed by atoms with van der Waals surface area (Å²) in [6.07, 6.45) is 8.55. The molecule has 5 heteroatoms. The average molecular weight is 296 g/mol. The SMILES string of the molecule is O=C(c1cncc(NCc2ccccn2)c1)N1CCCCC1. The summed E-state index contributed by atoms with van der Waals surface area (Å²) in [5, 5.41) is 3.26. The molecule has 5 nitrogen and oxygen atoms in total. The standard InChI is InChI=1S/C17H20N4O/c22-17(21-8-4-1-5-9-21)14-10-16(12-18-11-14)20-13-15-6-2-3-7-19-15/h2-3,6-7,10-12,20H,1,4-5,8-9,13H2. The zero-order valence-electron chi connectivity index (χ0n) is 12.5. The molecule has 1 aliphatic heterocycles. The number of hydrogen-bond donors (Lipinski definition) is 1. The van der Waals surface area contributed by atoms with Crippen LogP contribution in [0.15, 0.2) is 42.9 Å². The van der Waals surface area contributed by atoms with Crippen molar-refractivity contribution in [3.63, 3.8) is 0 Å². The second-order valence-electron chi connectivity index (χ2n) is 5.49. The monoisotopic (exact) mass is 296 g/mol. The Balaban J connectivity index is 1.65. The van der Waals surface area contributed by atoms with Crippen molar-refractivity contribution in [3.05, 3.63) is 54.1 Å². The lowest BCUT2D eigenvalue weighted by Crippen LogP contribution is -2.35. The van der Waals surface area contributed by atoms with Crippen molar-refractivity contribution in [2.24, 2.45) is 0 Å². The van der Waals surface area contributed by atoms with Crippen molar-refractivity contribution in [1.29, 1.82) is 0 Å². The first-order valence-electron chi connectivity index (χ1n) is 7.71. The lowest BCUT2D eigenvalue weighted by Gasteiger charge is -2.26. The summed E-state index contributed by atoms with van der Waals surface area (Å²) < 4.78 is 0. The van der Waals surface area contributed by atoms with Crippen LogP contribution in [0.4, 0.5) is 5.69 Å². The first-order valence-corrected chi connectivity index (χ1v) is 7.71. The van der Waals surface area contributed by atoms with Crippen LogP contribution in [0.3, 0.4) is 0 Å². The minimum atomic E-state index is 0.0775. The van der Waals surface area contributed by atoms with E-state index < -0.39 is 0 Å². The smallest absolute Gasteiger partial charge is 0.255 e. The van der Waals surface area contributed by atoms with Gasteiger partial charge in [-0.15, -0.1) is 0 Å². The molecule has 0 saturated carbocycles. The van der Waals surface area contributed by atoms with Crippen LogP contribution in [0.5, 0.6) is 0 Å². The van der Waals surface area contributed by atoms with Gasteiger partial charge in [0.25, 0.3) is 5.91 Å². The van der Waals surface area contributed by atoms with Crippen LogP contribution < -0.4 is 5.32 Å². The fraction of sp³-hybridized carbons (Fsp3) is 0.353. The van der Waals surface area contributed by atoms with Crippen LogP contribution >= 0.6 is 0 Å². The zero-order valence-corrected chi connectivity index (χ0v) is 12.5. The maximum Gasteiger partial charge on any atom is 0.255 e. The Morgan fingerprint density at radius 2 is 2.05 bits per heavy atom. The molecule has 1 saturated heterocycles. The molecule has 0 aliphatic carbocycles. The van der Waals surface area contributed by atoms with Crippen molar-refractivity contribution < 1.29 is 4.79 Å². The summed E-state index contributed by atoms with van der Waals surface area (Å²) in [6, 6.07) is 7.68. The Morgan fingerprint density at radius 1 is 1.18 bits per heavy atom. The number of nitrogens with zero attached hydrogens (tertiary/aromatic N) is 3. The van der Waals surface area contributed by atoms with Gasteiger partial charge in [0.2, 0.25) is 0 Å². The Labute approximate surface area is 130 Å². The van der Waals surface area contributed by atoms with Crippen LogP contribution in [-0.2, 0) is 6.54 Å². The van der Waals surface area contributed by atoms with Crippen molar-refractivity contribution >= 4 is 11.6 Å². The van der Waals surface area contributed by atoms with E-state index >= 15 is 0 Å². The van der Waals surface area contributed by atoms with Gasteiger partial charge >= 0.3 is 0 Å². The minimum Gasteiger partial charge on any atom is -0.378 e. The van der Waals surface area contributed by atoms with Gasteiger partial charge in [-0.05, 0) is 37.5 Å². The maximum atomic E-state index is 12.5. The van der Waals surface area contributed by atoms with Crippen molar-refractivity contribution in [2.75, 3.05) is 18.4 Å². The number of aromatic nitrogens is 2. The van der Waals surface area contributed by atoms with E-state index in [0.29, 0.717) is 12.1 Å². The molecule has 0 aromatic carbocycles. The van der Waals surface area contributed by atoms with E-state index in [1.54, 1.807) is 18.6 Å². The van der Waals surface area contributed by atoms with Crippen molar-refractivity contribution in [3.8, 4) is 0 Å². The highest BCUT2D eigenvalue weighted by Crippen LogP contribution is 2.15. The quantitative estimate of drug-likeness (QED) is 0.942. The number of hydrogen-bond acceptors (Lipinski definition) is 4. The molecule has 3 heterocycles. The summed E-state index contributed by atoms with van der Waals surface area (Å²) in [5.41, 5.74) is 2.44. The first-order chi connectivity index (χ1) is 10.8. The van der Waals surface area contributed by atoms with Crippen LogP contribution in [0.25, 0.3) is 0 Å². The van der Waals surface area contributed by atoms with Gasteiger partial charge in [0.1, 0.15) is 0 Å². The Kier molecular flexibility index (Phi) is 4.63. The summed E-state index contributed by atoms with van der Waals surface area (Å²) in [6.45, 7) is 2.32. The number of nitrogens with one attached hydrogen (secondary N) is 1. The molecule has 2 aromatic rings. The van der Waals surface area contributed by atoms with E-state index in [1.807, 2.05) is 29.2 Å². The highest BCUT2D eigenvalue weighted by molar-refractivity contribution is 5.94. The molecular formula is C17H20N4O. The fourth-order valence-electron chi connectivity index (χ4n) is 2.63. The van der Waals surface area contributed by atoms with Gasteiger partial charge in [-0.25, -0.2) is 0 Å². The molecule has 1 fully saturated rings. The number of piperidine rings is 1. The summed E-state index contributed by atoms with van der Waals surface area (Å²) in [7, 11) is 0. The van der Waals surface area contributed by atoms with E-state index in [9.17, 15) is 4.79 Å². The molecular weight excluding hydrogens is 276 g/mol. The van der Waals surface area contributed by atoms with Crippen LogP contribution in [0, 0.1) is 0 Å². The van der Waals surface area contributed by atoms with Crippen LogP contribution in [0.1, 0.15) is 35.3 Å². The summed E-state index contributed by atoms with van der Waals surface area (Å²) in [5.74, 6) is 0.0775. The first kappa shape index (κ1) is 14.5. The van der Waals surface area contributed by atoms with Gasteiger partial charge in [0, 0.05) is 31.7 Å². The molecule has 1 N–H and O–H groups in total. The Morgan fingerprint density at radius 3 is 2.82 bits per heavy atom. The molecule has 1 aliphatic rings. The van der Waals surface area contributed by atoms with Gasteiger partial charge in [0.05, 0.1) is 23.5 Å². The van der Waals surface area contributed by atoms with Gasteiger partial charge in [-0.2, -0.15) is 0 Å². The molecule has 0 atom stereocenters. The summed E-state index contributed by atoms with van der Waals surface area (Å²) >= 11 is 0. The second-order valence-corrected chi connectivity index (χ2v) is 5.49. The van der Waals surface area contributed by atoms with Gasteiger partial charge in [-0.3, -0.25) is 14.8 Å². The minimum absolute atomic E-state index is 0.0775. The van der Waals surface area contributed by atoms with Gasteiger partial charge in [0.15, 0.2) is 0 Å². The van der Waals surface area contributed by atoms with Crippen LogP contribution in [0.2, 0.25) is 0 Å². The maximum absolute atomic E-state index is 12.5. The third-order valence-corrected chi connectivity index (χ3v) is 3.83. The fourth-order valence-corrected chi connectivity index (χ4v) is 2.63. The Hall–Kier alpha value is -2.43. The Bertz CT molecular complexity index is 624. The average Bonchev–Trinajstić information content (AvgIpc) is 2.61. The largest absolute Gasteiger partial charge is 0.378 e. The number of carbonyl (C=O) groups is 1. The highest BCUT2D eigenvalue weighted by Gasteiger charge is 2.18. The molecule has 22 heavy (non-hydrogen) atoms. The van der Waals surface area contributed by atoms with Crippen molar-refractivity contribution in [1.82, 2.24) is 14.9 Å². The number of likely N-dealkylation sites (tertiary alicyclic amines) is 1. The van der Waals surface area contributed by atoms with E-state index in [4.69, 9.17) is 0 Å². The zero-order chi connectivity index (χ0) is 15.2. The number of amides is 1. The van der Waals surface area contributed by atoms with E-state index in [0.717, 1.165) is 37.3 Å². The molecule has 0 bridgehead atoms. The van der Waals surface area contributed by atoms with E-state index in [-0.39, 0.29) is 5.91 Å². The molecule has 3 rings (SSSR count). The second kappa shape index (κ2) is 7.02. The third kappa shape index (κ3) is 3.61. The lowest BCUT2D eigenvalue weighted by molar-refractivity contribution is 0.0724. The highest BCUT2D eigenvalue weighted by atomic mass is 16.2. The predicted octanol–water partition coefficient (Wildman–Crippen LogP) is 2.71. The molecule has 0 spiro atoms. The molecule has 0 unspecified atom stereocenters. The van der Waals surface area contributed by atoms with E-state index in [1.165, 1.54) is 6.42 Å². The normalized spacial score (nSPS) is 14.6. The number of anilines is 1. The molecule has 114 valence electrons. The predicted molar refractivity (Wildman–Crippen MR) is 85.6 cm³/mol. The van der Waals surface area contributed by atoms with Crippen molar-refractivity contribution in [2.45, 2.75) is 25.8 Å². The lowest BCUT2D eigenvalue weighted by atomic mass is 10.1. The topological polar surface area (TPSA) is 58.1 Å². The third-order valence-electron chi connectivity index (χ3n) is 3.83. The number of rotatable bonds is 4. The van der Waals surface area contributed by atoms with Gasteiger partial charge in [-0.1, -0.05) is 6.07 Å². The number of carbonyl (C=O) groups excluding carboxylic acids is 1. The van der Waals surface area contributed by atoms with E-state index in [2.05, 4.69) is 15.3 Å². The molecule has 0 radical (unpaired) electrons. The molecule has 1 amide bonds.